The average Bonchev–Trinajstić information content (AvgIpc) is 3.06. The van der Waals surface area contributed by atoms with Crippen molar-refractivity contribution in [1.29, 1.82) is 0 Å². The molecule has 4 aromatic carbocycles. The number of hydrogen-bond acceptors (Lipinski definition) is 4. The molecule has 4 aromatic rings. The van der Waals surface area contributed by atoms with Gasteiger partial charge in [0, 0.05) is 19.0 Å². The minimum Gasteiger partial charge on any atom is -0.352 e. The van der Waals surface area contributed by atoms with Crippen molar-refractivity contribution in [3.8, 4) is 0 Å². The predicted molar refractivity (Wildman–Crippen MR) is 185 cm³/mol. The molecular weight excluding hydrogens is 614 g/mol. The highest BCUT2D eigenvalue weighted by Gasteiger charge is 2.35. The van der Waals surface area contributed by atoms with Crippen molar-refractivity contribution in [2.75, 3.05) is 10.8 Å². The molecule has 0 aromatic heterocycles. The molecule has 7 nitrogen and oxygen atoms in total. The third kappa shape index (κ3) is 9.29. The van der Waals surface area contributed by atoms with Crippen molar-refractivity contribution in [2.24, 2.45) is 0 Å². The van der Waals surface area contributed by atoms with Crippen molar-refractivity contribution < 1.29 is 22.4 Å². The van der Waals surface area contributed by atoms with Crippen LogP contribution in [0, 0.1) is 12.7 Å². The maximum Gasteiger partial charge on any atom is 0.264 e. The first-order valence-electron chi connectivity index (χ1n) is 16.0. The summed E-state index contributed by atoms with van der Waals surface area (Å²) in [5.41, 5.74) is 3.68. The summed E-state index contributed by atoms with van der Waals surface area (Å²) in [6, 6.07) is 27.6. The first-order valence-corrected chi connectivity index (χ1v) is 17.4. The zero-order valence-corrected chi connectivity index (χ0v) is 28.5. The maximum atomic E-state index is 14.6. The number of nitrogens with one attached hydrogen (secondary N) is 1. The van der Waals surface area contributed by atoms with Crippen LogP contribution in [0.4, 0.5) is 10.1 Å². The number of benzene rings is 4. The summed E-state index contributed by atoms with van der Waals surface area (Å²) in [7, 11) is -4.20. The smallest absolute Gasteiger partial charge is 0.264 e. The van der Waals surface area contributed by atoms with Crippen molar-refractivity contribution in [2.45, 2.75) is 76.9 Å². The van der Waals surface area contributed by atoms with E-state index in [0.29, 0.717) is 17.7 Å². The molecule has 0 fully saturated rings. The van der Waals surface area contributed by atoms with Gasteiger partial charge in [0.15, 0.2) is 0 Å². The number of rotatable bonds is 14. The summed E-state index contributed by atoms with van der Waals surface area (Å²) >= 11 is 0. The standard InChI is InChI=1S/C38H44FN3O4S/c1-6-29(5)40-38(44)36(24-30-10-8-7-9-11-30)41(25-31-14-18-33(39)19-15-31)37(43)26-42(34-20-16-32(17-21-34)27(2)3)47(45,46)35-22-12-28(4)13-23-35/h7-23,27,29,36H,6,24-26H2,1-5H3,(H,40,44)/t29-,36+/m0/s1. The number of sulfonamides is 1. The molecular formula is C38H44FN3O4S. The topological polar surface area (TPSA) is 86.8 Å². The second-order valence-electron chi connectivity index (χ2n) is 12.2. The quantitative estimate of drug-likeness (QED) is 0.158. The molecule has 1 N–H and O–H groups in total. The molecule has 0 radical (unpaired) electrons. The lowest BCUT2D eigenvalue weighted by Crippen LogP contribution is -2.54. The van der Waals surface area contributed by atoms with Gasteiger partial charge in [-0.05, 0) is 79.3 Å². The molecule has 47 heavy (non-hydrogen) atoms. The number of anilines is 1. The molecule has 4 rings (SSSR count). The maximum absolute atomic E-state index is 14.6. The molecule has 0 saturated heterocycles. The largest absolute Gasteiger partial charge is 0.352 e. The number of hydrogen-bond donors (Lipinski definition) is 1. The fraction of sp³-hybridized carbons (Fsp3) is 0.316. The average molecular weight is 658 g/mol. The van der Waals surface area contributed by atoms with Crippen molar-refractivity contribution in [3.05, 3.63) is 131 Å². The van der Waals surface area contributed by atoms with E-state index in [0.717, 1.165) is 21.0 Å². The molecule has 0 aliphatic carbocycles. The SMILES string of the molecule is CC[C@H](C)NC(=O)[C@@H](Cc1ccccc1)N(Cc1ccc(F)cc1)C(=O)CN(c1ccc(C(C)C)cc1)S(=O)(=O)c1ccc(C)cc1. The number of carbonyl (C=O) groups is 2. The van der Waals surface area contributed by atoms with E-state index in [1.807, 2.05) is 77.1 Å². The third-order valence-electron chi connectivity index (χ3n) is 8.27. The molecule has 2 amide bonds. The summed E-state index contributed by atoms with van der Waals surface area (Å²) in [6.07, 6.45) is 0.883. The van der Waals surface area contributed by atoms with E-state index in [2.05, 4.69) is 5.32 Å². The van der Waals surface area contributed by atoms with Crippen LogP contribution in [0.15, 0.2) is 108 Å². The van der Waals surface area contributed by atoms with Crippen LogP contribution in [-0.2, 0) is 32.6 Å². The molecule has 0 unspecified atom stereocenters. The lowest BCUT2D eigenvalue weighted by molar-refractivity contribution is -0.140. The lowest BCUT2D eigenvalue weighted by Gasteiger charge is -2.34. The fourth-order valence-corrected chi connectivity index (χ4v) is 6.59. The Balaban J connectivity index is 1.81. The van der Waals surface area contributed by atoms with E-state index in [1.54, 1.807) is 36.4 Å². The molecule has 0 bridgehead atoms. The van der Waals surface area contributed by atoms with Gasteiger partial charge in [-0.25, -0.2) is 12.8 Å². The van der Waals surface area contributed by atoms with Crippen LogP contribution in [-0.4, -0.2) is 43.8 Å². The van der Waals surface area contributed by atoms with Gasteiger partial charge >= 0.3 is 0 Å². The molecule has 0 spiro atoms. The molecule has 0 aliphatic heterocycles. The number of carbonyl (C=O) groups excluding carboxylic acids is 2. The second kappa shape index (κ2) is 15.9. The highest BCUT2D eigenvalue weighted by atomic mass is 32.2. The Hall–Kier alpha value is -4.50. The van der Waals surface area contributed by atoms with Gasteiger partial charge in [0.1, 0.15) is 18.4 Å². The molecule has 9 heteroatoms. The summed E-state index contributed by atoms with van der Waals surface area (Å²) in [5, 5.41) is 3.02. The van der Waals surface area contributed by atoms with Gasteiger partial charge in [-0.15, -0.1) is 0 Å². The van der Waals surface area contributed by atoms with E-state index in [4.69, 9.17) is 0 Å². The molecule has 0 heterocycles. The fourth-order valence-electron chi connectivity index (χ4n) is 5.17. The number of halogens is 1. The van der Waals surface area contributed by atoms with Gasteiger partial charge < -0.3 is 10.2 Å². The van der Waals surface area contributed by atoms with E-state index in [1.165, 1.54) is 29.2 Å². The number of amides is 2. The van der Waals surface area contributed by atoms with Crippen molar-refractivity contribution >= 4 is 27.5 Å². The monoisotopic (exact) mass is 657 g/mol. The highest BCUT2D eigenvalue weighted by Crippen LogP contribution is 2.27. The first kappa shape index (κ1) is 35.4. The Kier molecular flexibility index (Phi) is 11.9. The molecule has 0 saturated carbocycles. The minimum atomic E-state index is -4.20. The Labute approximate surface area is 278 Å². The Morgan fingerprint density at radius 2 is 1.43 bits per heavy atom. The van der Waals surface area contributed by atoms with Crippen LogP contribution < -0.4 is 9.62 Å². The predicted octanol–water partition coefficient (Wildman–Crippen LogP) is 7.01. The van der Waals surface area contributed by atoms with E-state index in [9.17, 15) is 22.4 Å². The van der Waals surface area contributed by atoms with Gasteiger partial charge in [0.2, 0.25) is 11.8 Å². The van der Waals surface area contributed by atoms with Crippen LogP contribution in [0.5, 0.6) is 0 Å². The third-order valence-corrected chi connectivity index (χ3v) is 10.1. The summed E-state index contributed by atoms with van der Waals surface area (Å²) < 4.78 is 43.4. The van der Waals surface area contributed by atoms with Gasteiger partial charge in [-0.1, -0.05) is 93.1 Å². The Morgan fingerprint density at radius 3 is 2.00 bits per heavy atom. The number of aryl methyl sites for hydroxylation is 1. The van der Waals surface area contributed by atoms with Crippen molar-refractivity contribution in [3.63, 3.8) is 0 Å². The summed E-state index contributed by atoms with van der Waals surface area (Å²) in [5.74, 6) is -1.13. The van der Waals surface area contributed by atoms with Gasteiger partial charge in [-0.2, -0.15) is 0 Å². The first-order chi connectivity index (χ1) is 22.4. The molecule has 248 valence electrons. The van der Waals surface area contributed by atoms with Crippen LogP contribution >= 0.6 is 0 Å². The van der Waals surface area contributed by atoms with Crippen molar-refractivity contribution in [1.82, 2.24) is 10.2 Å². The normalized spacial score (nSPS) is 12.7. The Morgan fingerprint density at radius 1 is 0.809 bits per heavy atom. The lowest BCUT2D eigenvalue weighted by atomic mass is 10.0. The van der Waals surface area contributed by atoms with Crippen LogP contribution in [0.3, 0.4) is 0 Å². The van der Waals surface area contributed by atoms with Crippen LogP contribution in [0.2, 0.25) is 0 Å². The second-order valence-corrected chi connectivity index (χ2v) is 14.1. The summed E-state index contributed by atoms with van der Waals surface area (Å²) in [6.45, 7) is 9.22. The zero-order chi connectivity index (χ0) is 34.1. The molecule has 0 aliphatic rings. The Bertz CT molecular complexity index is 1730. The van der Waals surface area contributed by atoms with E-state index >= 15 is 0 Å². The minimum absolute atomic E-state index is 0.0325. The van der Waals surface area contributed by atoms with Crippen LogP contribution in [0.25, 0.3) is 0 Å². The van der Waals surface area contributed by atoms with Crippen LogP contribution in [0.1, 0.15) is 62.3 Å². The molecule has 2 atom stereocenters. The number of nitrogens with zero attached hydrogens (tertiary/aromatic N) is 2. The van der Waals surface area contributed by atoms with E-state index in [-0.39, 0.29) is 35.7 Å². The van der Waals surface area contributed by atoms with Gasteiger partial charge in [-0.3, -0.25) is 13.9 Å². The van der Waals surface area contributed by atoms with Gasteiger partial charge in [0.25, 0.3) is 10.0 Å². The highest BCUT2D eigenvalue weighted by molar-refractivity contribution is 7.92. The zero-order valence-electron chi connectivity index (χ0n) is 27.7. The summed E-state index contributed by atoms with van der Waals surface area (Å²) in [4.78, 5) is 29.9. The van der Waals surface area contributed by atoms with E-state index < -0.39 is 34.3 Å². The van der Waals surface area contributed by atoms with Gasteiger partial charge in [0.05, 0.1) is 10.6 Å².